The van der Waals surface area contributed by atoms with Crippen molar-refractivity contribution in [3.63, 3.8) is 0 Å². The van der Waals surface area contributed by atoms with E-state index in [-0.39, 0.29) is 24.5 Å². The van der Waals surface area contributed by atoms with Gasteiger partial charge in [-0.05, 0) is 33.8 Å². The molecule has 2 aliphatic heterocycles. The number of alkyl carbamates (subject to hydrolysis) is 1. The first-order valence-corrected chi connectivity index (χ1v) is 19.4. The molecule has 5 atom stereocenters. The van der Waals surface area contributed by atoms with Gasteiger partial charge in [0.2, 0.25) is 5.91 Å². The van der Waals surface area contributed by atoms with Gasteiger partial charge in [-0.25, -0.2) is 4.79 Å². The lowest BCUT2D eigenvalue weighted by atomic mass is 9.79. The molecule has 0 saturated carbocycles. The molecule has 2 fully saturated rings. The maximum Gasteiger partial charge on any atom is 0.408 e. The van der Waals surface area contributed by atoms with Gasteiger partial charge in [-0.15, -0.1) is 0 Å². The number of esters is 1. The quantitative estimate of drug-likeness (QED) is 0.121. The molecule has 5 rings (SSSR count). The molecule has 268 valence electrons. The van der Waals surface area contributed by atoms with Crippen LogP contribution in [-0.2, 0) is 34.8 Å². The van der Waals surface area contributed by atoms with Crippen LogP contribution in [0.25, 0.3) is 0 Å². The highest BCUT2D eigenvalue weighted by Gasteiger charge is 2.58. The number of fused-ring (bicyclic) bond motifs is 2. The van der Waals surface area contributed by atoms with E-state index >= 15 is 0 Å². The lowest BCUT2D eigenvalue weighted by molar-refractivity contribution is -0.149. The van der Waals surface area contributed by atoms with E-state index in [9.17, 15) is 19.5 Å². The van der Waals surface area contributed by atoms with E-state index in [0.717, 1.165) is 5.56 Å². The molecule has 0 spiro atoms. The van der Waals surface area contributed by atoms with Crippen LogP contribution in [0.4, 0.5) is 4.79 Å². The Bertz CT molecular complexity index is 1530. The third-order valence-corrected chi connectivity index (χ3v) is 14.7. The van der Waals surface area contributed by atoms with Crippen LogP contribution in [0, 0.1) is 0 Å². The SMILES string of the molecule is CC(=O)O[C@H]1C[C@H]2O[C@@H]1C[C@@]2(O)C[C@H](NC(=O)OCc1ccccc1)C(=O)NCCCCO[Si](c1ccccc1)(c1ccccc1)C(C)(C)C. The summed E-state index contributed by atoms with van der Waals surface area (Å²) in [7, 11) is -2.67. The maximum atomic E-state index is 13.6. The van der Waals surface area contributed by atoms with Crippen LogP contribution < -0.4 is 21.0 Å². The van der Waals surface area contributed by atoms with Crippen molar-refractivity contribution in [2.75, 3.05) is 13.2 Å². The van der Waals surface area contributed by atoms with Crippen molar-refractivity contribution in [1.82, 2.24) is 10.6 Å². The second-order valence-electron chi connectivity index (χ2n) is 14.3. The average molecular weight is 703 g/mol. The Kier molecular flexibility index (Phi) is 12.2. The van der Waals surface area contributed by atoms with E-state index in [1.165, 1.54) is 17.3 Å². The second-order valence-corrected chi connectivity index (χ2v) is 18.6. The Morgan fingerprint density at radius 3 is 2.08 bits per heavy atom. The molecule has 2 amide bonds. The van der Waals surface area contributed by atoms with Gasteiger partial charge in [-0.3, -0.25) is 9.59 Å². The summed E-state index contributed by atoms with van der Waals surface area (Å²) >= 11 is 0. The normalized spacial score (nSPS) is 22.1. The first kappa shape index (κ1) is 37.2. The minimum atomic E-state index is -2.67. The molecular formula is C39H50N2O8Si. The summed E-state index contributed by atoms with van der Waals surface area (Å²) in [6.07, 6.45) is -0.537. The molecule has 0 aliphatic carbocycles. The number of carbonyl (C=O) groups excluding carboxylic acids is 3. The van der Waals surface area contributed by atoms with Gasteiger partial charge < -0.3 is 34.4 Å². The summed E-state index contributed by atoms with van der Waals surface area (Å²) in [5, 5.41) is 19.5. The molecule has 0 radical (unpaired) electrons. The van der Waals surface area contributed by atoms with E-state index in [1.807, 2.05) is 42.5 Å². The number of ether oxygens (including phenoxy) is 3. The van der Waals surface area contributed by atoms with Crippen LogP contribution in [0.5, 0.6) is 0 Å². The number of hydrogen-bond donors (Lipinski definition) is 3. The molecule has 0 aromatic heterocycles. The van der Waals surface area contributed by atoms with Gasteiger partial charge >= 0.3 is 12.1 Å². The van der Waals surface area contributed by atoms with E-state index in [2.05, 4.69) is 79.9 Å². The summed E-state index contributed by atoms with van der Waals surface area (Å²) in [6.45, 7) is 8.96. The highest BCUT2D eigenvalue weighted by Crippen LogP contribution is 2.45. The van der Waals surface area contributed by atoms with Crippen LogP contribution in [0.3, 0.4) is 0 Å². The molecule has 3 aromatic rings. The van der Waals surface area contributed by atoms with Crippen LogP contribution in [0.2, 0.25) is 5.04 Å². The van der Waals surface area contributed by atoms with Crippen molar-refractivity contribution in [3.8, 4) is 0 Å². The Labute approximate surface area is 296 Å². The van der Waals surface area contributed by atoms with Crippen LogP contribution in [0.1, 0.15) is 65.4 Å². The molecule has 0 unspecified atom stereocenters. The largest absolute Gasteiger partial charge is 0.460 e. The zero-order chi connectivity index (χ0) is 35.8. The molecule has 2 bridgehead atoms. The first-order chi connectivity index (χ1) is 23.9. The zero-order valence-corrected chi connectivity index (χ0v) is 30.4. The number of rotatable bonds is 15. The number of amides is 2. The highest BCUT2D eigenvalue weighted by atomic mass is 28.4. The molecule has 2 aliphatic rings. The van der Waals surface area contributed by atoms with Crippen molar-refractivity contribution in [1.29, 1.82) is 0 Å². The van der Waals surface area contributed by atoms with Gasteiger partial charge in [0.05, 0.1) is 17.8 Å². The summed E-state index contributed by atoms with van der Waals surface area (Å²) < 4.78 is 23.7. The molecule has 2 heterocycles. The van der Waals surface area contributed by atoms with Crippen LogP contribution in [-0.4, -0.2) is 74.5 Å². The number of carbonyl (C=O) groups is 3. The van der Waals surface area contributed by atoms with Gasteiger partial charge in [-0.1, -0.05) is 112 Å². The Balaban J connectivity index is 1.19. The minimum absolute atomic E-state index is 0.0362. The number of nitrogens with one attached hydrogen (secondary N) is 2. The predicted molar refractivity (Wildman–Crippen MR) is 192 cm³/mol. The lowest BCUT2D eigenvalue weighted by Crippen LogP contribution is -2.66. The number of benzene rings is 3. The zero-order valence-electron chi connectivity index (χ0n) is 29.4. The fourth-order valence-corrected chi connectivity index (χ4v) is 11.9. The van der Waals surface area contributed by atoms with Crippen molar-refractivity contribution in [2.24, 2.45) is 0 Å². The summed E-state index contributed by atoms with van der Waals surface area (Å²) in [5.41, 5.74) is -0.583. The van der Waals surface area contributed by atoms with Crippen molar-refractivity contribution in [3.05, 3.63) is 96.6 Å². The van der Waals surface area contributed by atoms with E-state index in [0.29, 0.717) is 32.4 Å². The molecule has 3 N–H and O–H groups in total. The summed E-state index contributed by atoms with van der Waals surface area (Å²) in [5.74, 6) is -0.839. The fourth-order valence-electron chi connectivity index (χ4n) is 7.29. The molecule has 10 nitrogen and oxygen atoms in total. The Morgan fingerprint density at radius 2 is 1.54 bits per heavy atom. The molecule has 3 aromatic carbocycles. The number of hydrogen-bond acceptors (Lipinski definition) is 8. The number of unbranched alkanes of at least 4 members (excludes halogenated alkanes) is 1. The predicted octanol–water partition coefficient (Wildman–Crippen LogP) is 4.37. The third kappa shape index (κ3) is 8.81. The van der Waals surface area contributed by atoms with Crippen molar-refractivity contribution < 1.29 is 38.1 Å². The number of aliphatic hydroxyl groups is 1. The highest BCUT2D eigenvalue weighted by molar-refractivity contribution is 6.99. The first-order valence-electron chi connectivity index (χ1n) is 17.5. The standard InChI is InChI=1S/C39H50N2O8Si/c1-28(42)48-33-24-35-39(45,26-34(33)49-35)25-32(41-37(44)46-27-29-16-8-5-9-17-29)36(43)40-22-14-15-23-47-50(38(2,3)4,30-18-10-6-11-19-30)31-20-12-7-13-21-31/h5-13,16-21,32-35,45H,14-15,22-27H2,1-4H3,(H,40,43)(H,41,44)/t32-,33-,34+,35+,39-/m0/s1. The van der Waals surface area contributed by atoms with Crippen LogP contribution >= 0.6 is 0 Å². The average Bonchev–Trinajstić information content (AvgIpc) is 3.63. The minimum Gasteiger partial charge on any atom is -0.460 e. The Hall–Kier alpha value is -4.03. The van der Waals surface area contributed by atoms with Crippen LogP contribution in [0.15, 0.2) is 91.0 Å². The lowest BCUT2D eigenvalue weighted by Gasteiger charge is -2.43. The summed E-state index contributed by atoms with van der Waals surface area (Å²) in [6, 6.07) is 29.1. The monoisotopic (exact) mass is 702 g/mol. The Morgan fingerprint density at radius 1 is 0.940 bits per heavy atom. The molecule has 2 saturated heterocycles. The smallest absolute Gasteiger partial charge is 0.408 e. The van der Waals surface area contributed by atoms with Gasteiger partial charge in [0.25, 0.3) is 8.32 Å². The van der Waals surface area contributed by atoms with Gasteiger partial charge in [0.15, 0.2) is 0 Å². The fraction of sp³-hybridized carbons (Fsp3) is 0.462. The summed E-state index contributed by atoms with van der Waals surface area (Å²) in [4.78, 5) is 38.0. The second kappa shape index (κ2) is 16.3. The van der Waals surface area contributed by atoms with Gasteiger partial charge in [-0.2, -0.15) is 0 Å². The molecule has 50 heavy (non-hydrogen) atoms. The topological polar surface area (TPSA) is 132 Å². The maximum absolute atomic E-state index is 13.6. The molecule has 11 heteroatoms. The third-order valence-electron chi connectivity index (χ3n) is 9.66. The van der Waals surface area contributed by atoms with Crippen molar-refractivity contribution in [2.45, 2.75) is 101 Å². The van der Waals surface area contributed by atoms with Gasteiger partial charge in [0.1, 0.15) is 18.8 Å². The van der Waals surface area contributed by atoms with E-state index in [4.69, 9.17) is 18.6 Å². The van der Waals surface area contributed by atoms with E-state index in [1.54, 1.807) is 0 Å². The molecular weight excluding hydrogens is 653 g/mol. The van der Waals surface area contributed by atoms with Gasteiger partial charge in [0, 0.05) is 39.3 Å². The van der Waals surface area contributed by atoms with Crippen molar-refractivity contribution >= 4 is 36.7 Å². The van der Waals surface area contributed by atoms with E-state index < -0.39 is 56.2 Å².